The molecule has 0 aromatic heterocycles. The van der Waals surface area contributed by atoms with Crippen LogP contribution in [0, 0.1) is 24.1 Å². The van der Waals surface area contributed by atoms with Gasteiger partial charge >= 0.3 is 6.09 Å². The number of carbonyl (C=O) groups is 1. The lowest BCUT2D eigenvalue weighted by Gasteiger charge is -2.20. The number of hydrogen-bond acceptors (Lipinski definition) is 4. The molecule has 2 N–H and O–H groups in total. The lowest BCUT2D eigenvalue weighted by atomic mass is 10.2. The van der Waals surface area contributed by atoms with Crippen molar-refractivity contribution in [2.45, 2.75) is 39.3 Å². The molecule has 0 spiro atoms. The Morgan fingerprint density at radius 2 is 2.10 bits per heavy atom. The lowest BCUT2D eigenvalue weighted by molar-refractivity contribution is 0.0527. The van der Waals surface area contributed by atoms with E-state index in [4.69, 9.17) is 10.00 Å². The smallest absolute Gasteiger partial charge is 0.407 e. The predicted molar refractivity (Wildman–Crippen MR) is 78.4 cm³/mol. The Kier molecular flexibility index (Phi) is 5.53. The first-order valence-corrected chi connectivity index (χ1v) is 6.60. The minimum Gasteiger partial charge on any atom is -0.444 e. The Bertz CT molecular complexity index is 527. The quantitative estimate of drug-likeness (QED) is 0.895. The Hall–Kier alpha value is -2.29. The number of amides is 1. The van der Waals surface area contributed by atoms with Crippen molar-refractivity contribution in [2.24, 2.45) is 0 Å². The minimum absolute atomic E-state index is 0.0565. The van der Waals surface area contributed by atoms with Gasteiger partial charge in [0.25, 0.3) is 0 Å². The van der Waals surface area contributed by atoms with Gasteiger partial charge in [0.2, 0.25) is 0 Å². The zero-order valence-electron chi connectivity index (χ0n) is 12.7. The SMILES string of the molecule is Cc1cc(F)cc(NC(C#N)CNC(=O)OC(C)(C)C)c1. The molecule has 1 amide bonds. The van der Waals surface area contributed by atoms with Crippen LogP contribution in [0.1, 0.15) is 26.3 Å². The third-order valence-electron chi connectivity index (χ3n) is 2.39. The van der Waals surface area contributed by atoms with E-state index in [9.17, 15) is 9.18 Å². The summed E-state index contributed by atoms with van der Waals surface area (Å²) in [5, 5.41) is 14.4. The summed E-state index contributed by atoms with van der Waals surface area (Å²) >= 11 is 0. The standard InChI is InChI=1S/C15H20FN3O2/c1-10-5-11(16)7-12(6-10)19-13(8-17)9-18-14(20)21-15(2,3)4/h5-7,13,19H,9H2,1-4H3,(H,18,20). The molecular weight excluding hydrogens is 273 g/mol. The number of nitrogens with one attached hydrogen (secondary N) is 2. The van der Waals surface area contributed by atoms with E-state index in [2.05, 4.69) is 10.6 Å². The molecule has 0 heterocycles. The van der Waals surface area contributed by atoms with Crippen LogP contribution in [-0.2, 0) is 4.74 Å². The van der Waals surface area contributed by atoms with Crippen LogP contribution in [-0.4, -0.2) is 24.3 Å². The van der Waals surface area contributed by atoms with Crippen LogP contribution in [0.15, 0.2) is 18.2 Å². The van der Waals surface area contributed by atoms with Crippen LogP contribution >= 0.6 is 0 Å². The van der Waals surface area contributed by atoms with Gasteiger partial charge in [0.15, 0.2) is 0 Å². The normalized spacial score (nSPS) is 12.2. The summed E-state index contributed by atoms with van der Waals surface area (Å²) in [6.45, 7) is 7.07. The van der Waals surface area contributed by atoms with Gasteiger partial charge < -0.3 is 15.4 Å². The number of rotatable bonds is 4. The molecule has 114 valence electrons. The zero-order valence-corrected chi connectivity index (χ0v) is 12.7. The molecule has 0 aliphatic rings. The fraction of sp³-hybridized carbons (Fsp3) is 0.467. The number of hydrogen-bond donors (Lipinski definition) is 2. The third-order valence-corrected chi connectivity index (χ3v) is 2.39. The second kappa shape index (κ2) is 6.93. The number of alkyl carbamates (subject to hydrolysis) is 1. The fourth-order valence-electron chi connectivity index (χ4n) is 1.65. The highest BCUT2D eigenvalue weighted by atomic mass is 19.1. The van der Waals surface area contributed by atoms with E-state index in [-0.39, 0.29) is 12.4 Å². The van der Waals surface area contributed by atoms with Crippen molar-refractivity contribution < 1.29 is 13.9 Å². The highest BCUT2D eigenvalue weighted by molar-refractivity contribution is 5.67. The van der Waals surface area contributed by atoms with Gasteiger partial charge in [-0.3, -0.25) is 0 Å². The maximum atomic E-state index is 13.3. The number of carbonyl (C=O) groups excluding carboxylic acids is 1. The van der Waals surface area contributed by atoms with Gasteiger partial charge in [0, 0.05) is 5.69 Å². The van der Waals surface area contributed by atoms with Crippen LogP contribution in [0.3, 0.4) is 0 Å². The molecule has 1 atom stereocenters. The predicted octanol–water partition coefficient (Wildman–Crippen LogP) is 2.96. The maximum Gasteiger partial charge on any atom is 0.407 e. The van der Waals surface area contributed by atoms with Crippen LogP contribution in [0.5, 0.6) is 0 Å². The lowest BCUT2D eigenvalue weighted by Crippen LogP contribution is -2.39. The van der Waals surface area contributed by atoms with E-state index < -0.39 is 17.7 Å². The van der Waals surface area contributed by atoms with Gasteiger partial charge in [0.05, 0.1) is 12.6 Å². The molecule has 1 aromatic carbocycles. The first-order chi connectivity index (χ1) is 9.69. The molecule has 0 saturated heterocycles. The van der Waals surface area contributed by atoms with E-state index in [1.165, 1.54) is 12.1 Å². The van der Waals surface area contributed by atoms with Crippen molar-refractivity contribution in [3.8, 4) is 6.07 Å². The highest BCUT2D eigenvalue weighted by Gasteiger charge is 2.17. The Morgan fingerprint density at radius 3 is 2.62 bits per heavy atom. The van der Waals surface area contributed by atoms with E-state index in [1.54, 1.807) is 33.8 Å². The van der Waals surface area contributed by atoms with Crippen LogP contribution in [0.4, 0.5) is 14.9 Å². The second-order valence-electron chi connectivity index (χ2n) is 5.73. The van der Waals surface area contributed by atoms with Crippen LogP contribution in [0.25, 0.3) is 0 Å². The van der Waals surface area contributed by atoms with Gasteiger partial charge in [-0.1, -0.05) is 0 Å². The monoisotopic (exact) mass is 293 g/mol. The summed E-state index contributed by atoms with van der Waals surface area (Å²) in [5.74, 6) is -0.380. The molecule has 6 heteroatoms. The van der Waals surface area contributed by atoms with Gasteiger partial charge in [-0.2, -0.15) is 5.26 Å². The summed E-state index contributed by atoms with van der Waals surface area (Å²) in [4.78, 5) is 11.5. The van der Waals surface area contributed by atoms with E-state index in [0.29, 0.717) is 5.69 Å². The second-order valence-corrected chi connectivity index (χ2v) is 5.73. The first kappa shape index (κ1) is 16.8. The van der Waals surface area contributed by atoms with E-state index in [1.807, 2.05) is 6.07 Å². The summed E-state index contributed by atoms with van der Waals surface area (Å²) in [7, 11) is 0. The average Bonchev–Trinajstić information content (AvgIpc) is 2.31. The minimum atomic E-state index is -0.682. The molecule has 0 radical (unpaired) electrons. The first-order valence-electron chi connectivity index (χ1n) is 6.60. The topological polar surface area (TPSA) is 74.2 Å². The molecule has 1 aromatic rings. The molecule has 0 saturated carbocycles. The van der Waals surface area contributed by atoms with Crippen molar-refractivity contribution in [3.63, 3.8) is 0 Å². The summed E-state index contributed by atoms with van der Waals surface area (Å²) < 4.78 is 18.3. The number of nitriles is 1. The van der Waals surface area contributed by atoms with E-state index >= 15 is 0 Å². The largest absolute Gasteiger partial charge is 0.444 e. The van der Waals surface area contributed by atoms with Crippen molar-refractivity contribution >= 4 is 11.8 Å². The number of aryl methyl sites for hydroxylation is 1. The summed E-state index contributed by atoms with van der Waals surface area (Å²) in [6.07, 6.45) is -0.597. The molecule has 0 aliphatic carbocycles. The molecule has 0 fully saturated rings. The number of nitrogens with zero attached hydrogens (tertiary/aromatic N) is 1. The Balaban J connectivity index is 2.56. The van der Waals surface area contributed by atoms with Gasteiger partial charge in [-0.15, -0.1) is 0 Å². The van der Waals surface area contributed by atoms with Crippen molar-refractivity contribution in [1.82, 2.24) is 5.32 Å². The molecule has 5 nitrogen and oxygen atoms in total. The number of benzene rings is 1. The third kappa shape index (κ3) is 6.61. The molecular formula is C15H20FN3O2. The molecule has 21 heavy (non-hydrogen) atoms. The highest BCUT2D eigenvalue weighted by Crippen LogP contribution is 2.14. The Labute approximate surface area is 124 Å². The number of anilines is 1. The molecule has 0 bridgehead atoms. The molecule has 1 rings (SSSR count). The van der Waals surface area contributed by atoms with Crippen molar-refractivity contribution in [3.05, 3.63) is 29.6 Å². The summed E-state index contributed by atoms with van der Waals surface area (Å²) in [6, 6.07) is 5.74. The van der Waals surface area contributed by atoms with Gasteiger partial charge in [-0.25, -0.2) is 9.18 Å². The van der Waals surface area contributed by atoms with Gasteiger partial charge in [-0.05, 0) is 51.5 Å². The summed E-state index contributed by atoms with van der Waals surface area (Å²) in [5.41, 5.74) is 0.638. The van der Waals surface area contributed by atoms with Crippen molar-refractivity contribution in [1.29, 1.82) is 5.26 Å². The van der Waals surface area contributed by atoms with E-state index in [0.717, 1.165) is 5.56 Å². The zero-order chi connectivity index (χ0) is 16.0. The van der Waals surface area contributed by atoms with Crippen LogP contribution in [0.2, 0.25) is 0 Å². The molecule has 1 unspecified atom stereocenters. The maximum absolute atomic E-state index is 13.3. The number of halogens is 1. The Morgan fingerprint density at radius 1 is 1.43 bits per heavy atom. The average molecular weight is 293 g/mol. The van der Waals surface area contributed by atoms with Gasteiger partial charge in [0.1, 0.15) is 17.5 Å². The fourth-order valence-corrected chi connectivity index (χ4v) is 1.65. The van der Waals surface area contributed by atoms with Crippen molar-refractivity contribution in [2.75, 3.05) is 11.9 Å². The number of ether oxygens (including phenoxy) is 1. The molecule has 0 aliphatic heterocycles. The van der Waals surface area contributed by atoms with Crippen LogP contribution < -0.4 is 10.6 Å².